The lowest BCUT2D eigenvalue weighted by Gasteiger charge is -2.27. The van der Waals surface area contributed by atoms with Crippen LogP contribution in [0.3, 0.4) is 0 Å². The molecular formula is C16H21N3O5. The molecule has 0 fully saturated rings. The Kier molecular flexibility index (Phi) is 7.57. The van der Waals surface area contributed by atoms with E-state index in [1.807, 2.05) is 0 Å². The Morgan fingerprint density at radius 1 is 1.33 bits per heavy atom. The van der Waals surface area contributed by atoms with Gasteiger partial charge in [-0.1, -0.05) is 6.07 Å². The first-order valence-electron chi connectivity index (χ1n) is 7.37. The van der Waals surface area contributed by atoms with E-state index in [0.29, 0.717) is 18.3 Å². The number of aliphatic hydroxyl groups excluding tert-OH is 1. The Balaban J connectivity index is 3.18. The van der Waals surface area contributed by atoms with E-state index in [9.17, 15) is 19.2 Å². The molecule has 1 aromatic rings. The molecule has 1 unspecified atom stereocenters. The van der Waals surface area contributed by atoms with Crippen molar-refractivity contribution in [3.8, 4) is 0 Å². The number of aldehydes is 2. The third-order valence-corrected chi connectivity index (χ3v) is 3.62. The van der Waals surface area contributed by atoms with Crippen molar-refractivity contribution >= 4 is 30.1 Å². The molecule has 1 atom stereocenters. The second-order valence-electron chi connectivity index (χ2n) is 5.01. The quantitative estimate of drug-likeness (QED) is 0.433. The van der Waals surface area contributed by atoms with Gasteiger partial charge in [0.15, 0.2) is 6.29 Å². The Morgan fingerprint density at radius 2 is 2.04 bits per heavy atom. The summed E-state index contributed by atoms with van der Waals surface area (Å²) in [6.45, 7) is -0.394. The minimum absolute atomic E-state index is 0.0921. The maximum absolute atomic E-state index is 12.7. The molecule has 0 bridgehead atoms. The van der Waals surface area contributed by atoms with E-state index >= 15 is 0 Å². The van der Waals surface area contributed by atoms with Crippen molar-refractivity contribution in [2.45, 2.75) is 18.9 Å². The molecule has 0 aromatic heterocycles. The fourth-order valence-corrected chi connectivity index (χ4v) is 2.34. The summed E-state index contributed by atoms with van der Waals surface area (Å²) < 4.78 is 0. The summed E-state index contributed by atoms with van der Waals surface area (Å²) in [5.74, 6) is -0.928. The highest BCUT2D eigenvalue weighted by atomic mass is 16.3. The highest BCUT2D eigenvalue weighted by Crippen LogP contribution is 2.20. The van der Waals surface area contributed by atoms with Crippen LogP contribution in [0.4, 0.5) is 5.69 Å². The molecule has 0 saturated heterocycles. The minimum Gasteiger partial charge on any atom is -0.377 e. The van der Waals surface area contributed by atoms with Crippen molar-refractivity contribution in [3.05, 3.63) is 29.3 Å². The molecular weight excluding hydrogens is 314 g/mol. The number of aliphatic hydroxyl groups is 1. The molecule has 3 N–H and O–H groups in total. The molecule has 0 spiro atoms. The van der Waals surface area contributed by atoms with Crippen LogP contribution in [0.15, 0.2) is 18.2 Å². The van der Waals surface area contributed by atoms with Gasteiger partial charge in [0.1, 0.15) is 19.1 Å². The standard InChI is InChI=1S/C16H21N3O5/c1-17-15(23)14(7-4-8-20)19(2)16(24)11-5-3-6-13(18-10-22)12(11)9-21/h3,5-6,8-9,14,18,22H,4,7,10H2,1-2H3,(H,17,23). The fourth-order valence-electron chi connectivity index (χ4n) is 2.34. The Hall–Kier alpha value is -2.74. The van der Waals surface area contributed by atoms with Crippen molar-refractivity contribution in [1.82, 2.24) is 10.2 Å². The fraction of sp³-hybridized carbons (Fsp3) is 0.375. The molecule has 8 nitrogen and oxygen atoms in total. The Morgan fingerprint density at radius 3 is 2.58 bits per heavy atom. The van der Waals surface area contributed by atoms with Crippen LogP contribution < -0.4 is 10.6 Å². The smallest absolute Gasteiger partial charge is 0.255 e. The number of benzene rings is 1. The van der Waals surface area contributed by atoms with Crippen LogP contribution in [0.25, 0.3) is 0 Å². The van der Waals surface area contributed by atoms with Crippen LogP contribution in [0.2, 0.25) is 0 Å². The number of hydrogen-bond acceptors (Lipinski definition) is 6. The zero-order valence-electron chi connectivity index (χ0n) is 13.6. The van der Waals surface area contributed by atoms with Crippen LogP contribution in [-0.2, 0) is 9.59 Å². The third kappa shape index (κ3) is 4.39. The molecule has 0 heterocycles. The molecule has 1 aromatic carbocycles. The summed E-state index contributed by atoms with van der Waals surface area (Å²) in [6.07, 6.45) is 1.50. The summed E-state index contributed by atoms with van der Waals surface area (Å²) in [4.78, 5) is 47.8. The maximum atomic E-state index is 12.7. The topological polar surface area (TPSA) is 116 Å². The lowest BCUT2D eigenvalue weighted by atomic mass is 10.0. The molecule has 8 heteroatoms. The summed E-state index contributed by atoms with van der Waals surface area (Å²) in [7, 11) is 2.88. The van der Waals surface area contributed by atoms with Gasteiger partial charge in [-0.3, -0.25) is 14.4 Å². The number of carbonyl (C=O) groups is 4. The first kappa shape index (κ1) is 19.3. The first-order valence-corrected chi connectivity index (χ1v) is 7.37. The van der Waals surface area contributed by atoms with Gasteiger partial charge < -0.3 is 25.4 Å². The zero-order chi connectivity index (χ0) is 18.1. The number of nitrogens with one attached hydrogen (secondary N) is 2. The van der Waals surface area contributed by atoms with Crippen LogP contribution in [0.1, 0.15) is 33.6 Å². The van der Waals surface area contributed by atoms with E-state index < -0.39 is 24.6 Å². The molecule has 0 aliphatic rings. The van der Waals surface area contributed by atoms with Crippen molar-refractivity contribution in [1.29, 1.82) is 0 Å². The highest BCUT2D eigenvalue weighted by molar-refractivity contribution is 6.05. The van der Waals surface area contributed by atoms with Crippen molar-refractivity contribution in [2.24, 2.45) is 0 Å². The van der Waals surface area contributed by atoms with Gasteiger partial charge in [0.05, 0.1) is 11.1 Å². The minimum atomic E-state index is -0.832. The van der Waals surface area contributed by atoms with Gasteiger partial charge in [-0.15, -0.1) is 0 Å². The predicted octanol–water partition coefficient (Wildman–Crippen LogP) is 0.0265. The van der Waals surface area contributed by atoms with E-state index in [-0.39, 0.29) is 24.0 Å². The summed E-state index contributed by atoms with van der Waals surface area (Å²) >= 11 is 0. The number of carbonyl (C=O) groups excluding carboxylic acids is 4. The van der Waals surface area contributed by atoms with Crippen molar-refractivity contribution in [2.75, 3.05) is 26.1 Å². The molecule has 0 aliphatic heterocycles. The summed E-state index contributed by atoms with van der Waals surface area (Å²) in [5.41, 5.74) is 0.511. The van der Waals surface area contributed by atoms with Gasteiger partial charge in [-0.25, -0.2) is 0 Å². The predicted molar refractivity (Wildman–Crippen MR) is 87.8 cm³/mol. The van der Waals surface area contributed by atoms with Gasteiger partial charge >= 0.3 is 0 Å². The summed E-state index contributed by atoms with van der Waals surface area (Å²) in [6, 6.07) is 3.75. The molecule has 2 amide bonds. The number of hydrogen-bond donors (Lipinski definition) is 3. The van der Waals surface area contributed by atoms with Gasteiger partial charge in [0.25, 0.3) is 5.91 Å². The van der Waals surface area contributed by atoms with Crippen molar-refractivity contribution in [3.63, 3.8) is 0 Å². The van der Waals surface area contributed by atoms with E-state index in [2.05, 4.69) is 10.6 Å². The van der Waals surface area contributed by atoms with Gasteiger partial charge in [0.2, 0.25) is 5.91 Å². The van der Waals surface area contributed by atoms with Gasteiger partial charge in [-0.2, -0.15) is 0 Å². The first-order chi connectivity index (χ1) is 11.5. The number of anilines is 1. The number of rotatable bonds is 9. The van der Waals surface area contributed by atoms with E-state index in [4.69, 9.17) is 5.11 Å². The Bertz CT molecular complexity index is 618. The number of amides is 2. The molecule has 130 valence electrons. The normalized spacial score (nSPS) is 11.3. The third-order valence-electron chi connectivity index (χ3n) is 3.62. The van der Waals surface area contributed by atoms with E-state index in [1.165, 1.54) is 25.1 Å². The monoisotopic (exact) mass is 335 g/mol. The largest absolute Gasteiger partial charge is 0.377 e. The van der Waals surface area contributed by atoms with Gasteiger partial charge in [-0.05, 0) is 18.6 Å². The zero-order valence-corrected chi connectivity index (χ0v) is 13.6. The average molecular weight is 335 g/mol. The van der Waals surface area contributed by atoms with Crippen molar-refractivity contribution < 1.29 is 24.3 Å². The van der Waals surface area contributed by atoms with E-state index in [1.54, 1.807) is 12.1 Å². The average Bonchev–Trinajstić information content (AvgIpc) is 2.60. The molecule has 0 radical (unpaired) electrons. The second kappa shape index (κ2) is 9.41. The van der Waals surface area contributed by atoms with Crippen LogP contribution in [-0.4, -0.2) is 61.3 Å². The maximum Gasteiger partial charge on any atom is 0.255 e. The molecule has 24 heavy (non-hydrogen) atoms. The van der Waals surface area contributed by atoms with Gasteiger partial charge in [0, 0.05) is 26.2 Å². The summed E-state index contributed by atoms with van der Waals surface area (Å²) in [5, 5.41) is 14.0. The SMILES string of the molecule is CNC(=O)C(CCC=O)N(C)C(=O)c1cccc(NCO)c1C=O. The molecule has 0 aliphatic carbocycles. The Labute approximate surface area is 139 Å². The lowest BCUT2D eigenvalue weighted by Crippen LogP contribution is -2.47. The van der Waals surface area contributed by atoms with Crippen LogP contribution in [0.5, 0.6) is 0 Å². The van der Waals surface area contributed by atoms with Crippen LogP contribution in [0, 0.1) is 0 Å². The second-order valence-corrected chi connectivity index (χ2v) is 5.01. The lowest BCUT2D eigenvalue weighted by molar-refractivity contribution is -0.125. The van der Waals surface area contributed by atoms with E-state index in [0.717, 1.165) is 0 Å². The molecule has 1 rings (SSSR count). The molecule has 0 saturated carbocycles. The number of likely N-dealkylation sites (N-methyl/N-ethyl adjacent to an activating group) is 2. The highest BCUT2D eigenvalue weighted by Gasteiger charge is 2.28. The van der Waals surface area contributed by atoms with Crippen LogP contribution >= 0.6 is 0 Å². The number of nitrogens with zero attached hydrogens (tertiary/aromatic N) is 1.